The van der Waals surface area contributed by atoms with E-state index in [4.69, 9.17) is 10.5 Å². The lowest BCUT2D eigenvalue weighted by molar-refractivity contribution is -0.114. The molecule has 0 spiro atoms. The molecule has 0 saturated carbocycles. The van der Waals surface area contributed by atoms with Crippen molar-refractivity contribution in [1.29, 1.82) is 0 Å². The Kier molecular flexibility index (Phi) is 5.33. The molecular weight excluding hydrogens is 420 g/mol. The van der Waals surface area contributed by atoms with Gasteiger partial charge in [-0.15, -0.1) is 0 Å². The zero-order chi connectivity index (χ0) is 23.1. The molecule has 0 radical (unpaired) electrons. The van der Waals surface area contributed by atoms with Crippen LogP contribution in [0.3, 0.4) is 0 Å². The maximum absolute atomic E-state index is 13.8. The highest BCUT2D eigenvalue weighted by atomic mass is 16.5. The van der Waals surface area contributed by atoms with Gasteiger partial charge in [0.25, 0.3) is 11.5 Å². The van der Waals surface area contributed by atoms with Crippen LogP contribution in [0, 0.1) is 12.8 Å². The van der Waals surface area contributed by atoms with Crippen LogP contribution in [-0.4, -0.2) is 46.7 Å². The first-order valence-electron chi connectivity index (χ1n) is 11.0. The van der Waals surface area contributed by atoms with Crippen LogP contribution >= 0.6 is 0 Å². The standard InChI is InChI=1S/C24H26N6O3/c1-3-20(31)29-9-8-28(18-6-4-5-15(2)21(18)29)19-11-17-12-26-24(25)27-22(17)30(23(19)32)13-16-7-10-33-14-16/h3-6,11-12,16H,1,7-10,13-14H2,2H3,(H2,25,26,27). The van der Waals surface area contributed by atoms with Crippen LogP contribution in [0.15, 0.2) is 47.9 Å². The summed E-state index contributed by atoms with van der Waals surface area (Å²) in [7, 11) is 0. The molecule has 2 N–H and O–H groups in total. The van der Waals surface area contributed by atoms with E-state index >= 15 is 0 Å². The third kappa shape index (κ3) is 3.64. The molecule has 1 amide bonds. The number of aryl methyl sites for hydroxylation is 1. The van der Waals surface area contributed by atoms with Gasteiger partial charge in [0.2, 0.25) is 5.95 Å². The summed E-state index contributed by atoms with van der Waals surface area (Å²) < 4.78 is 7.22. The van der Waals surface area contributed by atoms with Crippen LogP contribution in [0.5, 0.6) is 0 Å². The summed E-state index contributed by atoms with van der Waals surface area (Å²) in [6.45, 7) is 8.31. The van der Waals surface area contributed by atoms with E-state index in [0.717, 1.165) is 28.7 Å². The predicted octanol–water partition coefficient (Wildman–Crippen LogP) is 2.39. The van der Waals surface area contributed by atoms with Gasteiger partial charge in [-0.05, 0) is 37.1 Å². The van der Waals surface area contributed by atoms with E-state index in [0.29, 0.717) is 44.2 Å². The first-order chi connectivity index (χ1) is 16.0. The summed E-state index contributed by atoms with van der Waals surface area (Å²) in [4.78, 5) is 38.6. The van der Waals surface area contributed by atoms with Gasteiger partial charge in [-0.25, -0.2) is 4.98 Å². The smallest absolute Gasteiger partial charge is 0.276 e. The Bertz CT molecular complexity index is 1310. The number of pyridine rings is 1. The average molecular weight is 447 g/mol. The molecule has 4 heterocycles. The van der Waals surface area contributed by atoms with E-state index < -0.39 is 0 Å². The number of nitrogens with two attached hydrogens (primary N) is 1. The fourth-order valence-corrected chi connectivity index (χ4v) is 4.73. The minimum atomic E-state index is -0.161. The molecule has 1 atom stereocenters. The second kappa shape index (κ2) is 8.32. The molecule has 2 aliphatic heterocycles. The Balaban J connectivity index is 1.69. The van der Waals surface area contributed by atoms with Gasteiger partial charge >= 0.3 is 0 Å². The number of fused-ring (bicyclic) bond motifs is 2. The first-order valence-corrected chi connectivity index (χ1v) is 11.0. The summed E-state index contributed by atoms with van der Waals surface area (Å²) in [6, 6.07) is 7.64. The second-order valence-corrected chi connectivity index (χ2v) is 8.47. The molecule has 2 aromatic heterocycles. The molecule has 3 aromatic rings. The topological polar surface area (TPSA) is 107 Å². The maximum Gasteiger partial charge on any atom is 0.276 e. The second-order valence-electron chi connectivity index (χ2n) is 8.47. The quantitative estimate of drug-likeness (QED) is 0.613. The number of para-hydroxylation sites is 1. The lowest BCUT2D eigenvalue weighted by atomic mass is 10.1. The van der Waals surface area contributed by atoms with Crippen molar-refractivity contribution >= 4 is 40.0 Å². The highest BCUT2D eigenvalue weighted by Gasteiger charge is 2.30. The molecular formula is C24H26N6O3. The molecule has 33 heavy (non-hydrogen) atoms. The van der Waals surface area contributed by atoms with Gasteiger partial charge in [0.05, 0.1) is 18.0 Å². The number of benzene rings is 1. The normalized spacial score (nSPS) is 17.9. The van der Waals surface area contributed by atoms with Crippen LogP contribution < -0.4 is 21.1 Å². The molecule has 1 fully saturated rings. The molecule has 170 valence electrons. The third-order valence-corrected chi connectivity index (χ3v) is 6.35. The number of hydrogen-bond acceptors (Lipinski definition) is 7. The number of amides is 1. The fourth-order valence-electron chi connectivity index (χ4n) is 4.73. The van der Waals surface area contributed by atoms with Crippen molar-refractivity contribution < 1.29 is 9.53 Å². The van der Waals surface area contributed by atoms with Crippen molar-refractivity contribution in [3.63, 3.8) is 0 Å². The lowest BCUT2D eigenvalue weighted by Gasteiger charge is -2.38. The molecule has 9 nitrogen and oxygen atoms in total. The van der Waals surface area contributed by atoms with Crippen molar-refractivity contribution in [2.75, 3.05) is 41.8 Å². The molecule has 1 unspecified atom stereocenters. The highest BCUT2D eigenvalue weighted by molar-refractivity contribution is 6.05. The molecule has 2 aliphatic rings. The number of hydrogen-bond donors (Lipinski definition) is 1. The van der Waals surface area contributed by atoms with Gasteiger partial charge < -0.3 is 20.3 Å². The Labute approximate surface area is 191 Å². The number of anilines is 4. The summed E-state index contributed by atoms with van der Waals surface area (Å²) >= 11 is 0. The van der Waals surface area contributed by atoms with Gasteiger partial charge in [0.1, 0.15) is 11.3 Å². The van der Waals surface area contributed by atoms with Gasteiger partial charge in [0.15, 0.2) is 0 Å². The number of nitrogen functional groups attached to an aromatic ring is 1. The van der Waals surface area contributed by atoms with E-state index in [1.165, 1.54) is 6.08 Å². The number of carbonyl (C=O) groups excluding carboxylic acids is 1. The maximum atomic E-state index is 13.8. The Morgan fingerprint density at radius 1 is 1.33 bits per heavy atom. The largest absolute Gasteiger partial charge is 0.381 e. The SMILES string of the molecule is C=CC(=O)N1CCN(c2cc3cnc(N)nc3n(CC3CCOC3)c2=O)c2cccc(C)c21. The van der Waals surface area contributed by atoms with Crippen LogP contribution in [-0.2, 0) is 16.1 Å². The van der Waals surface area contributed by atoms with Crippen molar-refractivity contribution in [3.8, 4) is 0 Å². The van der Waals surface area contributed by atoms with Gasteiger partial charge in [-0.1, -0.05) is 18.7 Å². The van der Waals surface area contributed by atoms with Crippen molar-refractivity contribution in [2.24, 2.45) is 5.92 Å². The average Bonchev–Trinajstić information content (AvgIpc) is 3.33. The fraction of sp³-hybridized carbons (Fsp3) is 0.333. The van der Waals surface area contributed by atoms with Crippen LogP contribution in [0.1, 0.15) is 12.0 Å². The van der Waals surface area contributed by atoms with Crippen LogP contribution in [0.25, 0.3) is 11.0 Å². The summed E-state index contributed by atoms with van der Waals surface area (Å²) in [5.74, 6) is 0.198. The summed E-state index contributed by atoms with van der Waals surface area (Å²) in [6.07, 6.45) is 3.86. The summed E-state index contributed by atoms with van der Waals surface area (Å²) in [5.41, 5.74) is 9.29. The molecule has 0 aliphatic carbocycles. The highest BCUT2D eigenvalue weighted by Crippen LogP contribution is 2.39. The number of aromatic nitrogens is 3. The molecule has 1 aromatic carbocycles. The van der Waals surface area contributed by atoms with E-state index in [9.17, 15) is 9.59 Å². The van der Waals surface area contributed by atoms with Crippen LogP contribution in [0.4, 0.5) is 23.0 Å². The van der Waals surface area contributed by atoms with E-state index in [-0.39, 0.29) is 23.3 Å². The monoisotopic (exact) mass is 446 g/mol. The molecule has 0 bridgehead atoms. The molecule has 9 heteroatoms. The predicted molar refractivity (Wildman–Crippen MR) is 128 cm³/mol. The minimum absolute atomic E-state index is 0.128. The number of ether oxygens (including phenoxy) is 1. The van der Waals surface area contributed by atoms with Gasteiger partial charge in [-0.2, -0.15) is 4.98 Å². The van der Waals surface area contributed by atoms with E-state index in [1.54, 1.807) is 15.7 Å². The summed E-state index contributed by atoms with van der Waals surface area (Å²) in [5, 5.41) is 0.733. The first kappa shape index (κ1) is 21.1. The lowest BCUT2D eigenvalue weighted by Crippen LogP contribution is -2.44. The third-order valence-electron chi connectivity index (χ3n) is 6.35. The number of nitrogens with zero attached hydrogens (tertiary/aromatic N) is 5. The van der Waals surface area contributed by atoms with Crippen molar-refractivity contribution in [3.05, 3.63) is 59.0 Å². The number of carbonyl (C=O) groups is 1. The van der Waals surface area contributed by atoms with Crippen molar-refractivity contribution in [1.82, 2.24) is 14.5 Å². The molecule has 5 rings (SSSR count). The minimum Gasteiger partial charge on any atom is -0.381 e. The zero-order valence-electron chi connectivity index (χ0n) is 18.5. The van der Waals surface area contributed by atoms with E-state index in [2.05, 4.69) is 16.5 Å². The Morgan fingerprint density at radius 2 is 2.18 bits per heavy atom. The van der Waals surface area contributed by atoms with Crippen LogP contribution in [0.2, 0.25) is 0 Å². The van der Waals surface area contributed by atoms with E-state index in [1.807, 2.05) is 36.1 Å². The Hall–Kier alpha value is -3.72. The zero-order valence-corrected chi connectivity index (χ0v) is 18.5. The number of rotatable bonds is 4. The Morgan fingerprint density at radius 3 is 2.94 bits per heavy atom. The van der Waals surface area contributed by atoms with Crippen molar-refractivity contribution in [2.45, 2.75) is 19.9 Å². The molecule has 1 saturated heterocycles. The van der Waals surface area contributed by atoms with Gasteiger partial charge in [0, 0.05) is 43.7 Å². The van der Waals surface area contributed by atoms with Gasteiger partial charge in [-0.3, -0.25) is 14.2 Å².